The average molecular weight is 1530 g/mol. The molecule has 572 valence electrons. The van der Waals surface area contributed by atoms with Crippen molar-refractivity contribution in [3.63, 3.8) is 0 Å². The van der Waals surface area contributed by atoms with Gasteiger partial charge in [-0.2, -0.15) is 10.2 Å². The molecule has 0 amide bonds. The summed E-state index contributed by atoms with van der Waals surface area (Å²) >= 11 is 0. The van der Waals surface area contributed by atoms with E-state index in [1.165, 1.54) is 117 Å². The number of benzene rings is 17. The lowest BCUT2D eigenvalue weighted by atomic mass is 9.91. The van der Waals surface area contributed by atoms with Crippen LogP contribution in [0.25, 0.3) is 112 Å². The van der Waals surface area contributed by atoms with E-state index >= 15 is 0 Å². The number of hydrogen-bond acceptors (Lipinski definition) is 3. The van der Waals surface area contributed by atoms with E-state index in [4.69, 9.17) is 6.42 Å². The molecule has 0 unspecified atom stereocenters. The topological polar surface area (TPSA) is 46.9 Å². The number of para-hydroxylation sites is 3. The molecule has 0 bridgehead atoms. The highest BCUT2D eigenvalue weighted by atomic mass is 15.1. The molecule has 2 aromatic heterocycles. The molecule has 0 saturated heterocycles. The molecule has 0 radical (unpaired) electrons. The molecule has 19 aromatic rings. The summed E-state index contributed by atoms with van der Waals surface area (Å²) in [7, 11) is 0. The van der Waals surface area contributed by atoms with Crippen molar-refractivity contribution in [1.82, 2.24) is 9.13 Å². The van der Waals surface area contributed by atoms with E-state index in [0.717, 1.165) is 22.6 Å². The predicted octanol–water partition coefficient (Wildman–Crippen LogP) is 31.4. The fraction of sp³-hybridized carbons (Fsp3) is 0.00877. The Bertz CT molecular complexity index is 5920. The number of aromatic nitrogens is 2. The van der Waals surface area contributed by atoms with Crippen molar-refractivity contribution in [2.45, 2.75) is 6.92 Å². The van der Waals surface area contributed by atoms with Crippen molar-refractivity contribution < 1.29 is 0 Å². The van der Waals surface area contributed by atoms with Crippen LogP contribution in [-0.2, 0) is 0 Å². The van der Waals surface area contributed by atoms with E-state index in [0.29, 0.717) is 0 Å². The summed E-state index contributed by atoms with van der Waals surface area (Å²) < 4.78 is 4.44. The number of azo groups is 1. The van der Waals surface area contributed by atoms with Gasteiger partial charge in [-0.15, -0.1) is 6.42 Å². The molecule has 0 aliphatic rings. The van der Waals surface area contributed by atoms with Gasteiger partial charge in [-0.1, -0.05) is 400 Å². The Morgan fingerprint density at radius 1 is 0.227 bits per heavy atom. The van der Waals surface area contributed by atoms with Gasteiger partial charge in [-0.3, -0.25) is 4.99 Å². The third kappa shape index (κ3) is 24.1. The third-order valence-corrected chi connectivity index (χ3v) is 19.3. The van der Waals surface area contributed by atoms with Gasteiger partial charge in [0.25, 0.3) is 0 Å². The van der Waals surface area contributed by atoms with Gasteiger partial charge in [0.05, 0.1) is 22.8 Å². The maximum Gasteiger partial charge on any atom is 0.0857 e. The van der Waals surface area contributed by atoms with Crippen LogP contribution in [0.4, 0.5) is 17.1 Å². The first-order chi connectivity index (χ1) is 58.9. The fourth-order valence-electron chi connectivity index (χ4n) is 13.4. The van der Waals surface area contributed by atoms with Gasteiger partial charge in [0.15, 0.2) is 0 Å². The van der Waals surface area contributed by atoms with E-state index in [-0.39, 0.29) is 0 Å². The summed E-state index contributed by atoms with van der Waals surface area (Å²) in [5, 5.41) is 8.20. The van der Waals surface area contributed by atoms with E-state index in [2.05, 4.69) is 420 Å². The second kappa shape index (κ2) is 44.0. The highest BCUT2D eigenvalue weighted by Gasteiger charge is 2.14. The van der Waals surface area contributed by atoms with E-state index in [1.54, 1.807) is 0 Å². The van der Waals surface area contributed by atoms with Crippen LogP contribution in [0.3, 0.4) is 0 Å². The molecule has 5 nitrogen and oxygen atoms in total. The number of aryl methyl sites for hydroxylation is 1. The minimum absolute atomic E-state index is 0.872. The van der Waals surface area contributed by atoms with Crippen LogP contribution in [0.1, 0.15) is 11.1 Å². The van der Waals surface area contributed by atoms with Crippen LogP contribution < -0.4 is 0 Å². The fourth-order valence-corrected chi connectivity index (χ4v) is 13.4. The Labute approximate surface area is 701 Å². The van der Waals surface area contributed by atoms with Crippen LogP contribution in [0.2, 0.25) is 0 Å². The summed E-state index contributed by atoms with van der Waals surface area (Å²) in [6, 6.07) is 170. The first-order valence-corrected chi connectivity index (χ1v) is 39.7. The molecule has 0 aliphatic carbocycles. The monoisotopic (exact) mass is 1530 g/mol. The van der Waals surface area contributed by atoms with Crippen LogP contribution in [0.15, 0.2) is 531 Å². The Kier molecular flexibility index (Phi) is 30.0. The van der Waals surface area contributed by atoms with Crippen molar-refractivity contribution in [3.8, 4) is 124 Å². The third-order valence-electron chi connectivity index (χ3n) is 19.3. The molecule has 17 aromatic carbocycles. The standard InChI is InChI=1S/2C24H18.C22H17N.C17H15N.C12H10N2.C8H6.C7H7N/c1-4-10-19(11-5-1)22-16-23(20-12-6-2-7-13-20)18-24(17-22)21-14-8-3-9-15-21;1-4-10-19(11-5-1)22-16-17-23(20-12-6-2-7-13-20)24(18-22)21-14-8-3-9-15-21;1-4-10-18(11-5-1)21-16-23(20-14-8-3-9-15-20)17-22(21)19-12-6-2-7-13-19;1-14-12-17(15-8-4-2-5-9-15)18(13-14)16-10-6-3-7-11-16;1-3-7-11(8-4-1)13-14-12-9-5-2-6-10-12;1-2-8-6-4-3-5-7-8;1-8-7-5-3-2-4-6-7/h2*1-18H;1-17H;2-13H,1H3;1-10H;1,3-7H;2-6H,1H2. The number of nitrogens with zero attached hydrogens (tertiary/aromatic N) is 5. The largest absolute Gasteiger partial charge is 0.323 e. The number of rotatable bonds is 14. The molecular formula is C114H91N5. The van der Waals surface area contributed by atoms with Crippen molar-refractivity contribution in [3.05, 3.63) is 527 Å². The number of hydrogen-bond donors (Lipinski definition) is 0. The molecule has 2 heterocycles. The van der Waals surface area contributed by atoms with Crippen molar-refractivity contribution in [1.29, 1.82) is 0 Å². The summed E-state index contributed by atoms with van der Waals surface area (Å²) in [4.78, 5) is 3.72. The second-order valence-electron chi connectivity index (χ2n) is 27.7. The molecule has 0 spiro atoms. The summed E-state index contributed by atoms with van der Waals surface area (Å²) in [5.41, 5.74) is 29.7. The molecule has 5 heteroatoms. The average Bonchev–Trinajstić information content (AvgIpc) is 1.73. The molecule has 0 aliphatic heterocycles. The lowest BCUT2D eigenvalue weighted by Crippen LogP contribution is -1.94. The smallest absolute Gasteiger partial charge is 0.0857 e. The van der Waals surface area contributed by atoms with Crippen LogP contribution in [0.5, 0.6) is 0 Å². The quantitative estimate of drug-likeness (QED) is 0.0592. The maximum absolute atomic E-state index is 5.10. The van der Waals surface area contributed by atoms with Gasteiger partial charge in [-0.25, -0.2) is 0 Å². The lowest BCUT2D eigenvalue weighted by molar-refractivity contribution is 1.08. The Balaban J connectivity index is 0.000000124. The minimum atomic E-state index is 0.872. The van der Waals surface area contributed by atoms with Crippen molar-refractivity contribution in [2.75, 3.05) is 0 Å². The van der Waals surface area contributed by atoms with E-state index in [1.807, 2.05) is 140 Å². The second-order valence-corrected chi connectivity index (χ2v) is 27.7. The SMILES string of the molecule is C#Cc1ccccc1.C=Nc1ccccc1.Cc1cc(-c2ccccc2)n(-c2ccccc2)c1.c1ccc(-c2cc(-c3ccccc3)cc(-c3ccccc3)c2)cc1.c1ccc(-c2ccc(-c3ccccc3)c(-c3ccccc3)c2)cc1.c1ccc(-c2cn(-c3ccccc3)cc2-c2ccccc2)cc1.c1ccc(N=Nc2ccccc2)cc1. The summed E-state index contributed by atoms with van der Waals surface area (Å²) in [6.07, 6.45) is 11.7. The van der Waals surface area contributed by atoms with Gasteiger partial charge in [0.1, 0.15) is 0 Å². The van der Waals surface area contributed by atoms with E-state index < -0.39 is 0 Å². The van der Waals surface area contributed by atoms with Gasteiger partial charge < -0.3 is 9.13 Å². The normalized spacial score (nSPS) is 10.2. The molecule has 0 saturated carbocycles. The Morgan fingerprint density at radius 2 is 0.504 bits per heavy atom. The zero-order valence-electron chi connectivity index (χ0n) is 66.6. The van der Waals surface area contributed by atoms with Crippen molar-refractivity contribution >= 4 is 23.8 Å². The molecule has 19 rings (SSSR count). The first kappa shape index (κ1) is 81.2. The molecule has 0 N–H and O–H groups in total. The highest BCUT2D eigenvalue weighted by molar-refractivity contribution is 5.88. The Morgan fingerprint density at radius 3 is 0.832 bits per heavy atom. The minimum Gasteiger partial charge on any atom is -0.323 e. The lowest BCUT2D eigenvalue weighted by Gasteiger charge is -2.13. The van der Waals surface area contributed by atoms with Gasteiger partial charge in [-0.05, 0) is 206 Å². The predicted molar refractivity (Wildman–Crippen MR) is 505 cm³/mol. The highest BCUT2D eigenvalue weighted by Crippen LogP contribution is 2.38. The molecular weight excluding hydrogens is 1440 g/mol. The first-order valence-electron chi connectivity index (χ1n) is 39.7. The summed E-state index contributed by atoms with van der Waals surface area (Å²) in [5.74, 6) is 2.53. The van der Waals surface area contributed by atoms with Crippen molar-refractivity contribution in [2.24, 2.45) is 15.2 Å². The van der Waals surface area contributed by atoms with Crippen LogP contribution in [-0.4, -0.2) is 15.9 Å². The number of aliphatic imine (C=N–C) groups is 1. The van der Waals surface area contributed by atoms with Gasteiger partial charge >= 0.3 is 0 Å². The van der Waals surface area contributed by atoms with Gasteiger partial charge in [0, 0.05) is 46.7 Å². The Hall–Kier alpha value is -15.9. The zero-order chi connectivity index (χ0) is 81.5. The van der Waals surface area contributed by atoms with E-state index in [9.17, 15) is 0 Å². The summed E-state index contributed by atoms with van der Waals surface area (Å²) in [6.45, 7) is 5.51. The van der Waals surface area contributed by atoms with Crippen LogP contribution >= 0.6 is 0 Å². The molecule has 119 heavy (non-hydrogen) atoms. The zero-order valence-corrected chi connectivity index (χ0v) is 66.6. The number of terminal acetylenes is 1. The maximum atomic E-state index is 5.10. The molecule has 0 atom stereocenters. The molecule has 0 fully saturated rings. The van der Waals surface area contributed by atoms with Gasteiger partial charge in [0.2, 0.25) is 0 Å². The van der Waals surface area contributed by atoms with Crippen LogP contribution in [0, 0.1) is 19.3 Å².